The van der Waals surface area contributed by atoms with Gasteiger partial charge in [0.1, 0.15) is 5.75 Å². The van der Waals surface area contributed by atoms with Gasteiger partial charge in [-0.05, 0) is 15.9 Å². The monoisotopic (exact) mass is 315 g/mol. The summed E-state index contributed by atoms with van der Waals surface area (Å²) in [6.45, 7) is 0. The summed E-state index contributed by atoms with van der Waals surface area (Å²) in [5.41, 5.74) is 5.12. The fourth-order valence-corrected chi connectivity index (χ4v) is 3.39. The number of hydrogen-bond acceptors (Lipinski definition) is 5. The third-order valence-electron chi connectivity index (χ3n) is 1.05. The molecule has 0 atom stereocenters. The van der Waals surface area contributed by atoms with E-state index < -0.39 is 10.0 Å². The van der Waals surface area contributed by atoms with Crippen LogP contribution >= 0.6 is 39.5 Å². The fraction of sp³-hybridized carbons (Fsp3) is 0.200. The Labute approximate surface area is 98.9 Å². The number of nitrogens with one attached hydrogen (secondary N) is 1. The van der Waals surface area contributed by atoms with Crippen molar-refractivity contribution in [3.63, 3.8) is 0 Å². The standard InChI is InChI=1S/C5H6BrN3O2S3/c6-3-1-8-5(13-3)9-14(10,11)2-4(7)12/h1H,2H2,(H2,7,12)(H,8,9). The van der Waals surface area contributed by atoms with E-state index in [9.17, 15) is 8.42 Å². The predicted molar refractivity (Wildman–Crippen MR) is 64.0 cm³/mol. The minimum atomic E-state index is -3.51. The van der Waals surface area contributed by atoms with Crippen molar-refractivity contribution < 1.29 is 8.42 Å². The van der Waals surface area contributed by atoms with Gasteiger partial charge in [-0.3, -0.25) is 4.72 Å². The molecule has 1 heterocycles. The number of thiazole rings is 1. The highest BCUT2D eigenvalue weighted by atomic mass is 79.9. The molecule has 0 radical (unpaired) electrons. The third kappa shape index (κ3) is 3.86. The number of anilines is 1. The van der Waals surface area contributed by atoms with Crippen molar-refractivity contribution in [2.75, 3.05) is 10.5 Å². The molecule has 0 aliphatic rings. The van der Waals surface area contributed by atoms with E-state index in [4.69, 9.17) is 5.73 Å². The molecule has 0 unspecified atom stereocenters. The van der Waals surface area contributed by atoms with Crippen molar-refractivity contribution in [3.05, 3.63) is 9.98 Å². The highest BCUT2D eigenvalue weighted by Gasteiger charge is 2.13. The zero-order valence-electron chi connectivity index (χ0n) is 6.73. The van der Waals surface area contributed by atoms with Crippen LogP contribution in [0.1, 0.15) is 0 Å². The van der Waals surface area contributed by atoms with E-state index in [1.54, 1.807) is 0 Å². The molecular weight excluding hydrogens is 310 g/mol. The van der Waals surface area contributed by atoms with Gasteiger partial charge < -0.3 is 5.73 Å². The molecule has 5 nitrogen and oxygen atoms in total. The molecule has 0 aliphatic heterocycles. The summed E-state index contributed by atoms with van der Waals surface area (Å²) in [5, 5.41) is 0.285. The van der Waals surface area contributed by atoms with Crippen LogP contribution in [-0.2, 0) is 10.0 Å². The molecule has 0 aliphatic carbocycles. The molecule has 0 spiro atoms. The lowest BCUT2D eigenvalue weighted by Crippen LogP contribution is -2.26. The molecule has 0 aromatic carbocycles. The lowest BCUT2D eigenvalue weighted by atomic mass is 10.8. The Balaban J connectivity index is 2.73. The lowest BCUT2D eigenvalue weighted by molar-refractivity contribution is 0.605. The summed E-state index contributed by atoms with van der Waals surface area (Å²) in [4.78, 5) is 3.73. The molecule has 1 aromatic rings. The van der Waals surface area contributed by atoms with E-state index >= 15 is 0 Å². The number of aromatic nitrogens is 1. The predicted octanol–water partition coefficient (Wildman–Crippen LogP) is 0.933. The molecule has 78 valence electrons. The van der Waals surface area contributed by atoms with Crippen LogP contribution in [0.25, 0.3) is 0 Å². The van der Waals surface area contributed by atoms with Gasteiger partial charge in [-0.25, -0.2) is 13.4 Å². The van der Waals surface area contributed by atoms with E-state index in [2.05, 4.69) is 37.9 Å². The first-order valence-electron chi connectivity index (χ1n) is 3.29. The second kappa shape index (κ2) is 4.51. The maximum Gasteiger partial charge on any atom is 0.241 e. The lowest BCUT2D eigenvalue weighted by Gasteiger charge is -2.02. The first-order chi connectivity index (χ1) is 6.39. The number of nitrogens with zero attached hydrogens (tertiary/aromatic N) is 1. The van der Waals surface area contributed by atoms with Crippen molar-refractivity contribution >= 4 is 59.6 Å². The smallest absolute Gasteiger partial charge is 0.241 e. The highest BCUT2D eigenvalue weighted by Crippen LogP contribution is 2.23. The van der Waals surface area contributed by atoms with Gasteiger partial charge in [0.15, 0.2) is 5.13 Å². The van der Waals surface area contributed by atoms with Crippen LogP contribution in [0.5, 0.6) is 0 Å². The van der Waals surface area contributed by atoms with Gasteiger partial charge in [-0.1, -0.05) is 23.6 Å². The molecule has 0 saturated carbocycles. The molecule has 14 heavy (non-hydrogen) atoms. The number of halogens is 1. The van der Waals surface area contributed by atoms with Crippen LogP contribution < -0.4 is 10.5 Å². The molecule has 0 amide bonds. The van der Waals surface area contributed by atoms with Crippen molar-refractivity contribution in [2.24, 2.45) is 5.73 Å². The largest absolute Gasteiger partial charge is 0.392 e. The van der Waals surface area contributed by atoms with Crippen molar-refractivity contribution in [1.29, 1.82) is 0 Å². The Hall–Kier alpha value is -0.250. The van der Waals surface area contributed by atoms with Gasteiger partial charge in [0.2, 0.25) is 10.0 Å². The summed E-state index contributed by atoms with van der Waals surface area (Å²) in [5.74, 6) is -0.375. The topological polar surface area (TPSA) is 85.1 Å². The van der Waals surface area contributed by atoms with Crippen LogP contribution in [0.15, 0.2) is 9.98 Å². The van der Waals surface area contributed by atoms with Gasteiger partial charge >= 0.3 is 0 Å². The maximum atomic E-state index is 11.3. The van der Waals surface area contributed by atoms with Crippen molar-refractivity contribution in [1.82, 2.24) is 4.98 Å². The minimum Gasteiger partial charge on any atom is -0.392 e. The van der Waals surface area contributed by atoms with Crippen LogP contribution in [0.3, 0.4) is 0 Å². The maximum absolute atomic E-state index is 11.3. The summed E-state index contributed by atoms with van der Waals surface area (Å²) in [6, 6.07) is 0. The van der Waals surface area contributed by atoms with Gasteiger partial charge in [-0.15, -0.1) is 0 Å². The quantitative estimate of drug-likeness (QED) is 0.807. The van der Waals surface area contributed by atoms with Gasteiger partial charge in [0, 0.05) is 0 Å². The molecule has 0 fully saturated rings. The summed E-state index contributed by atoms with van der Waals surface area (Å²) >= 11 is 8.83. The molecule has 1 rings (SSSR count). The Bertz CT molecular complexity index is 441. The van der Waals surface area contributed by atoms with Gasteiger partial charge in [0.05, 0.1) is 15.0 Å². The number of sulfonamides is 1. The SMILES string of the molecule is NC(=S)CS(=O)(=O)Nc1ncc(Br)s1. The van der Waals surface area contributed by atoms with E-state index in [1.165, 1.54) is 17.5 Å². The number of nitrogens with two attached hydrogens (primary N) is 1. The summed E-state index contributed by atoms with van der Waals surface area (Å²) in [6.07, 6.45) is 1.50. The molecule has 3 N–H and O–H groups in total. The van der Waals surface area contributed by atoms with E-state index in [0.717, 1.165) is 3.79 Å². The Morgan fingerprint density at radius 3 is 2.86 bits per heavy atom. The normalized spacial score (nSPS) is 11.2. The second-order valence-corrected chi connectivity index (χ2v) is 6.95. The van der Waals surface area contributed by atoms with Crippen molar-refractivity contribution in [2.45, 2.75) is 0 Å². The van der Waals surface area contributed by atoms with Crippen LogP contribution in [-0.4, -0.2) is 24.1 Å². The van der Waals surface area contributed by atoms with Crippen molar-refractivity contribution in [3.8, 4) is 0 Å². The first-order valence-corrected chi connectivity index (χ1v) is 6.96. The number of hydrogen-bond donors (Lipinski definition) is 2. The van der Waals surface area contributed by atoms with Crippen LogP contribution in [0, 0.1) is 0 Å². The second-order valence-electron chi connectivity index (χ2n) is 2.30. The van der Waals surface area contributed by atoms with E-state index in [-0.39, 0.29) is 15.9 Å². The van der Waals surface area contributed by atoms with E-state index in [1.807, 2.05) is 0 Å². The minimum absolute atomic E-state index is 0.0758. The molecular formula is C5H6BrN3O2S3. The zero-order valence-corrected chi connectivity index (χ0v) is 10.8. The third-order valence-corrected chi connectivity index (χ3v) is 4.10. The zero-order chi connectivity index (χ0) is 10.8. The van der Waals surface area contributed by atoms with Gasteiger partial charge in [-0.2, -0.15) is 0 Å². The number of thiocarbonyl (C=S) groups is 1. The summed E-state index contributed by atoms with van der Waals surface area (Å²) < 4.78 is 25.6. The fourth-order valence-electron chi connectivity index (χ4n) is 0.658. The highest BCUT2D eigenvalue weighted by molar-refractivity contribution is 9.11. The summed E-state index contributed by atoms with van der Waals surface area (Å²) in [7, 11) is -3.51. The first kappa shape index (κ1) is 11.8. The Morgan fingerprint density at radius 2 is 2.43 bits per heavy atom. The number of rotatable bonds is 4. The van der Waals surface area contributed by atoms with Crippen LogP contribution in [0.4, 0.5) is 5.13 Å². The molecule has 0 bridgehead atoms. The average molecular weight is 316 g/mol. The Morgan fingerprint density at radius 1 is 1.79 bits per heavy atom. The Kier molecular flexibility index (Phi) is 3.81. The van der Waals surface area contributed by atoms with Crippen LogP contribution in [0.2, 0.25) is 0 Å². The molecule has 0 saturated heterocycles. The average Bonchev–Trinajstić information content (AvgIpc) is 2.30. The van der Waals surface area contributed by atoms with Gasteiger partial charge in [0.25, 0.3) is 0 Å². The van der Waals surface area contributed by atoms with E-state index in [0.29, 0.717) is 0 Å². The molecule has 9 heteroatoms. The molecule has 1 aromatic heterocycles.